The fraction of sp³-hybridized carbons (Fsp3) is 0.300. The summed E-state index contributed by atoms with van der Waals surface area (Å²) in [6, 6.07) is 11.6. The van der Waals surface area contributed by atoms with Gasteiger partial charge in [-0.15, -0.1) is 16.4 Å². The lowest BCUT2D eigenvalue weighted by atomic mass is 9.97. The first-order chi connectivity index (χ1) is 14.1. The number of carbonyl (C=O) groups is 2. The second-order valence-corrected chi connectivity index (χ2v) is 8.81. The second-order valence-electron chi connectivity index (χ2n) is 6.95. The second kappa shape index (κ2) is 8.87. The minimum absolute atomic E-state index is 0.00518. The van der Waals surface area contributed by atoms with Crippen molar-refractivity contribution in [3.05, 3.63) is 63.0 Å². The summed E-state index contributed by atoms with van der Waals surface area (Å²) in [7, 11) is 0. The van der Waals surface area contributed by atoms with E-state index in [9.17, 15) is 9.59 Å². The molecule has 1 atom stereocenters. The smallest absolute Gasteiger partial charge is 0.263 e. The predicted octanol–water partition coefficient (Wildman–Crippen LogP) is 3.64. The van der Waals surface area contributed by atoms with Crippen LogP contribution in [0.3, 0.4) is 0 Å². The molecule has 1 aromatic carbocycles. The van der Waals surface area contributed by atoms with Gasteiger partial charge in [0.25, 0.3) is 5.91 Å². The third-order valence-electron chi connectivity index (χ3n) is 4.84. The number of thiophene rings is 1. The van der Waals surface area contributed by atoms with Gasteiger partial charge in [0, 0.05) is 17.6 Å². The van der Waals surface area contributed by atoms with Gasteiger partial charge in [-0.3, -0.25) is 14.9 Å². The first-order valence-electron chi connectivity index (χ1n) is 9.36. The highest BCUT2D eigenvalue weighted by Gasteiger charge is 2.29. The lowest BCUT2D eigenvalue weighted by Gasteiger charge is -2.31. The molecule has 1 aliphatic heterocycles. The zero-order valence-corrected chi connectivity index (χ0v) is 18.0. The highest BCUT2D eigenvalue weighted by Crippen LogP contribution is 2.21. The van der Waals surface area contributed by atoms with Crippen LogP contribution < -0.4 is 5.32 Å². The summed E-state index contributed by atoms with van der Waals surface area (Å²) in [5.74, 6) is -0.121. The summed E-state index contributed by atoms with van der Waals surface area (Å²) in [5.41, 5.74) is 1.09. The standard InChI is InChI=1S/C20H20BrN5O2S/c21-16-7-5-14(6-8-16)11-26-13-22-20(24-26)23-18(27)15-3-1-9-25(12-15)19(28)17-4-2-10-29-17/h2,4-8,10,13,15H,1,3,9,11-12H2,(H,23,24,27). The summed E-state index contributed by atoms with van der Waals surface area (Å²) >= 11 is 4.84. The van der Waals surface area contributed by atoms with Crippen molar-refractivity contribution in [2.45, 2.75) is 19.4 Å². The van der Waals surface area contributed by atoms with Gasteiger partial charge in [-0.25, -0.2) is 9.67 Å². The topological polar surface area (TPSA) is 80.1 Å². The number of hydrogen-bond donors (Lipinski definition) is 1. The summed E-state index contributed by atoms with van der Waals surface area (Å²) in [5, 5.41) is 9.02. The third kappa shape index (κ3) is 4.91. The molecule has 29 heavy (non-hydrogen) atoms. The van der Waals surface area contributed by atoms with E-state index in [1.807, 2.05) is 41.8 Å². The summed E-state index contributed by atoms with van der Waals surface area (Å²) < 4.78 is 2.71. The van der Waals surface area contributed by atoms with Crippen LogP contribution in [0, 0.1) is 5.92 Å². The largest absolute Gasteiger partial charge is 0.337 e. The molecular formula is C20H20BrN5O2S. The molecule has 1 aliphatic rings. The van der Waals surface area contributed by atoms with Crippen molar-refractivity contribution in [3.63, 3.8) is 0 Å². The van der Waals surface area contributed by atoms with E-state index in [4.69, 9.17) is 0 Å². The highest BCUT2D eigenvalue weighted by molar-refractivity contribution is 9.10. The van der Waals surface area contributed by atoms with Gasteiger partial charge in [0.05, 0.1) is 17.3 Å². The Morgan fingerprint density at radius 3 is 2.83 bits per heavy atom. The number of nitrogens with one attached hydrogen (secondary N) is 1. The van der Waals surface area contributed by atoms with Crippen molar-refractivity contribution < 1.29 is 9.59 Å². The van der Waals surface area contributed by atoms with Crippen molar-refractivity contribution in [1.82, 2.24) is 19.7 Å². The molecule has 1 fully saturated rings. The molecule has 0 bridgehead atoms. The van der Waals surface area contributed by atoms with Crippen LogP contribution in [0.25, 0.3) is 0 Å². The van der Waals surface area contributed by atoms with E-state index in [1.54, 1.807) is 15.9 Å². The number of hydrogen-bond acceptors (Lipinski definition) is 5. The molecule has 2 aromatic heterocycles. The maximum atomic E-state index is 12.7. The number of piperidine rings is 1. The van der Waals surface area contributed by atoms with Crippen LogP contribution >= 0.6 is 27.3 Å². The van der Waals surface area contributed by atoms with E-state index in [0.717, 1.165) is 22.9 Å². The number of rotatable bonds is 5. The van der Waals surface area contributed by atoms with E-state index in [0.29, 0.717) is 24.5 Å². The normalized spacial score (nSPS) is 16.6. The van der Waals surface area contributed by atoms with Gasteiger partial charge in [0.2, 0.25) is 11.9 Å². The Morgan fingerprint density at radius 2 is 2.07 bits per heavy atom. The molecule has 2 amide bonds. The lowest BCUT2D eigenvalue weighted by molar-refractivity contribution is -0.121. The molecule has 3 aromatic rings. The number of nitrogens with zero attached hydrogens (tertiary/aromatic N) is 4. The molecule has 1 unspecified atom stereocenters. The molecule has 1 N–H and O–H groups in total. The monoisotopic (exact) mass is 473 g/mol. The van der Waals surface area contributed by atoms with E-state index >= 15 is 0 Å². The average molecular weight is 474 g/mol. The fourth-order valence-corrected chi connectivity index (χ4v) is 4.30. The van der Waals surface area contributed by atoms with Crippen LogP contribution in [0.4, 0.5) is 5.95 Å². The lowest BCUT2D eigenvalue weighted by Crippen LogP contribution is -2.43. The maximum Gasteiger partial charge on any atom is 0.263 e. The maximum absolute atomic E-state index is 12.7. The Labute approximate surface area is 180 Å². The van der Waals surface area contributed by atoms with Crippen LogP contribution in [0.5, 0.6) is 0 Å². The number of benzene rings is 1. The predicted molar refractivity (Wildman–Crippen MR) is 115 cm³/mol. The number of halogens is 1. The van der Waals surface area contributed by atoms with E-state index in [2.05, 4.69) is 31.3 Å². The molecule has 4 rings (SSSR count). The molecule has 1 saturated heterocycles. The summed E-state index contributed by atoms with van der Waals surface area (Å²) in [6.07, 6.45) is 3.16. The summed E-state index contributed by atoms with van der Waals surface area (Å²) in [6.45, 7) is 1.67. The molecule has 0 radical (unpaired) electrons. The van der Waals surface area contributed by atoms with Crippen molar-refractivity contribution in [3.8, 4) is 0 Å². The van der Waals surface area contributed by atoms with Gasteiger partial charge >= 0.3 is 0 Å². The van der Waals surface area contributed by atoms with Crippen LogP contribution in [0.2, 0.25) is 0 Å². The van der Waals surface area contributed by atoms with Gasteiger partial charge < -0.3 is 4.90 Å². The molecule has 3 heterocycles. The molecule has 150 valence electrons. The Balaban J connectivity index is 1.34. The number of aromatic nitrogens is 3. The molecule has 9 heteroatoms. The SMILES string of the molecule is O=C(Nc1ncn(Cc2ccc(Br)cc2)n1)C1CCCN(C(=O)c2cccs2)C1. The quantitative estimate of drug-likeness (QED) is 0.613. The molecular weight excluding hydrogens is 454 g/mol. The number of likely N-dealkylation sites (tertiary alicyclic amines) is 1. The van der Waals surface area contributed by atoms with Crippen LogP contribution in [-0.4, -0.2) is 44.6 Å². The van der Waals surface area contributed by atoms with Crippen LogP contribution in [0.1, 0.15) is 28.1 Å². The Bertz CT molecular complexity index is 987. The van der Waals surface area contributed by atoms with Crippen LogP contribution in [0.15, 0.2) is 52.6 Å². The average Bonchev–Trinajstić information content (AvgIpc) is 3.42. The van der Waals surface area contributed by atoms with E-state index in [1.165, 1.54) is 11.3 Å². The van der Waals surface area contributed by atoms with Gasteiger partial charge in [-0.05, 0) is 42.0 Å². The third-order valence-corrected chi connectivity index (χ3v) is 6.23. The molecule has 7 nitrogen and oxygen atoms in total. The Kier molecular flexibility index (Phi) is 6.05. The van der Waals surface area contributed by atoms with E-state index in [-0.39, 0.29) is 23.7 Å². The molecule has 0 spiro atoms. The minimum atomic E-state index is -0.258. The van der Waals surface area contributed by atoms with Crippen LogP contribution in [-0.2, 0) is 11.3 Å². The number of carbonyl (C=O) groups excluding carboxylic acids is 2. The molecule has 0 aliphatic carbocycles. The number of anilines is 1. The molecule has 0 saturated carbocycles. The van der Waals surface area contributed by atoms with Crippen molar-refractivity contribution in [1.29, 1.82) is 0 Å². The number of amides is 2. The van der Waals surface area contributed by atoms with Crippen molar-refractivity contribution >= 4 is 45.0 Å². The van der Waals surface area contributed by atoms with Gasteiger partial charge in [0.1, 0.15) is 6.33 Å². The first-order valence-corrected chi connectivity index (χ1v) is 11.0. The minimum Gasteiger partial charge on any atom is -0.337 e. The summed E-state index contributed by atoms with van der Waals surface area (Å²) in [4.78, 5) is 31.9. The highest BCUT2D eigenvalue weighted by atomic mass is 79.9. The Hall–Kier alpha value is -2.52. The zero-order chi connectivity index (χ0) is 20.2. The van der Waals surface area contributed by atoms with Crippen molar-refractivity contribution in [2.24, 2.45) is 5.92 Å². The zero-order valence-electron chi connectivity index (χ0n) is 15.6. The van der Waals surface area contributed by atoms with Gasteiger partial charge in [-0.2, -0.15) is 0 Å². The fourth-order valence-electron chi connectivity index (χ4n) is 3.35. The van der Waals surface area contributed by atoms with E-state index < -0.39 is 0 Å². The van der Waals surface area contributed by atoms with Gasteiger partial charge in [0.15, 0.2) is 0 Å². The van der Waals surface area contributed by atoms with Crippen molar-refractivity contribution in [2.75, 3.05) is 18.4 Å². The van der Waals surface area contributed by atoms with Gasteiger partial charge in [-0.1, -0.05) is 34.1 Å². The first kappa shape index (κ1) is 19.8. The Morgan fingerprint density at radius 1 is 1.24 bits per heavy atom.